The molecule has 1 aliphatic heterocycles. The van der Waals surface area contributed by atoms with Crippen molar-refractivity contribution in [3.8, 4) is 22.4 Å². The van der Waals surface area contributed by atoms with Crippen molar-refractivity contribution in [2.45, 2.75) is 63.8 Å². The molecule has 2 fully saturated rings. The summed E-state index contributed by atoms with van der Waals surface area (Å²) in [4.78, 5) is 50.6. The van der Waals surface area contributed by atoms with Crippen LogP contribution in [-0.2, 0) is 20.8 Å². The molecule has 0 bridgehead atoms. The Balaban J connectivity index is 1.32. The minimum absolute atomic E-state index is 0.0130. The first-order valence-corrected chi connectivity index (χ1v) is 15.1. The van der Waals surface area contributed by atoms with Crippen LogP contribution in [0.15, 0.2) is 35.8 Å². The van der Waals surface area contributed by atoms with Gasteiger partial charge in [-0.2, -0.15) is 0 Å². The Morgan fingerprint density at radius 1 is 1.18 bits per heavy atom. The van der Waals surface area contributed by atoms with Crippen LogP contribution in [0.25, 0.3) is 22.4 Å². The van der Waals surface area contributed by atoms with Crippen molar-refractivity contribution in [2.75, 3.05) is 16.8 Å². The summed E-state index contributed by atoms with van der Waals surface area (Å²) in [5, 5.41) is 12.7. The van der Waals surface area contributed by atoms with E-state index < -0.39 is 11.9 Å². The Hall–Kier alpha value is -3.30. The predicted octanol–water partition coefficient (Wildman–Crippen LogP) is 6.21. The number of aliphatic carboxylic acids is 1. The Morgan fingerprint density at radius 2 is 1.95 bits per heavy atom. The number of nitrogens with zero attached hydrogens (tertiary/aromatic N) is 4. The van der Waals surface area contributed by atoms with Gasteiger partial charge in [0.05, 0.1) is 18.5 Å². The number of amides is 2. The number of likely N-dealkylation sites (N-methyl/N-ethyl adjacent to an activating group) is 1. The molecule has 0 saturated heterocycles. The van der Waals surface area contributed by atoms with E-state index in [1.54, 1.807) is 23.0 Å². The lowest BCUT2D eigenvalue weighted by atomic mass is 9.90. The molecule has 3 aliphatic rings. The summed E-state index contributed by atoms with van der Waals surface area (Å²) < 4.78 is 0. The summed E-state index contributed by atoms with van der Waals surface area (Å²) in [6, 6.07) is 7.65. The maximum absolute atomic E-state index is 13.9. The lowest BCUT2D eigenvalue weighted by Crippen LogP contribution is -2.39. The highest BCUT2D eigenvalue weighted by atomic mass is 35.5. The molecule has 1 aromatic carbocycles. The average molecular weight is 579 g/mol. The molecule has 3 heterocycles. The quantitative estimate of drug-likeness (QED) is 0.324. The Morgan fingerprint density at radius 3 is 2.67 bits per heavy atom. The van der Waals surface area contributed by atoms with E-state index in [-0.39, 0.29) is 24.3 Å². The van der Waals surface area contributed by atoms with E-state index in [0.717, 1.165) is 60.8 Å². The summed E-state index contributed by atoms with van der Waals surface area (Å²) in [6.07, 6.45) is 8.74. The third kappa shape index (κ3) is 5.37. The van der Waals surface area contributed by atoms with Crippen LogP contribution in [0.5, 0.6) is 0 Å². The van der Waals surface area contributed by atoms with E-state index in [9.17, 15) is 19.5 Å². The zero-order valence-electron chi connectivity index (χ0n) is 22.3. The second kappa shape index (κ2) is 10.9. The number of aromatic nitrogens is 2. The first-order chi connectivity index (χ1) is 19.3. The summed E-state index contributed by atoms with van der Waals surface area (Å²) in [7, 11) is 1.73. The number of carbonyl (C=O) groups is 3. The number of pyridine rings is 1. The van der Waals surface area contributed by atoms with E-state index in [0.29, 0.717) is 40.4 Å². The van der Waals surface area contributed by atoms with Gasteiger partial charge in [-0.1, -0.05) is 43.4 Å². The van der Waals surface area contributed by atoms with Crippen LogP contribution in [0.1, 0.15) is 56.9 Å². The smallest absolute Gasteiger partial charge is 0.304 e. The summed E-state index contributed by atoms with van der Waals surface area (Å²) >= 11 is 7.82. The van der Waals surface area contributed by atoms with E-state index in [1.807, 2.05) is 29.6 Å². The Kier molecular flexibility index (Phi) is 7.35. The molecular formula is C30H31ClN4O4S. The van der Waals surface area contributed by atoms with Crippen LogP contribution in [0.2, 0.25) is 5.02 Å². The zero-order valence-corrected chi connectivity index (χ0v) is 23.9. The number of carbonyl (C=O) groups excluding carboxylic acids is 2. The van der Waals surface area contributed by atoms with Crippen LogP contribution in [0.3, 0.4) is 0 Å². The summed E-state index contributed by atoms with van der Waals surface area (Å²) in [6.45, 7) is 0. The number of rotatable bonds is 9. The van der Waals surface area contributed by atoms with Gasteiger partial charge < -0.3 is 5.11 Å². The molecule has 10 heteroatoms. The van der Waals surface area contributed by atoms with Gasteiger partial charge >= 0.3 is 5.97 Å². The lowest BCUT2D eigenvalue weighted by Gasteiger charge is -2.26. The van der Waals surface area contributed by atoms with E-state index in [4.69, 9.17) is 16.6 Å². The second-order valence-electron chi connectivity index (χ2n) is 11.2. The van der Waals surface area contributed by atoms with E-state index in [2.05, 4.69) is 4.98 Å². The minimum Gasteiger partial charge on any atom is -0.481 e. The van der Waals surface area contributed by atoms with Gasteiger partial charge in [0.25, 0.3) is 0 Å². The van der Waals surface area contributed by atoms with Crippen molar-refractivity contribution < 1.29 is 19.5 Å². The van der Waals surface area contributed by atoms with Gasteiger partial charge in [0, 0.05) is 52.3 Å². The fourth-order valence-corrected chi connectivity index (χ4v) is 7.12. The van der Waals surface area contributed by atoms with Gasteiger partial charge in [-0.25, -0.2) is 9.97 Å². The molecule has 6 rings (SSSR count). The monoisotopic (exact) mass is 578 g/mol. The van der Waals surface area contributed by atoms with Crippen LogP contribution < -0.4 is 9.80 Å². The standard InChI is InChI=1S/C30H31ClN4O4S/c1-34-26(36)12-18-11-20(15-32-28(18)34)23-9-6-21(31)14-24(23)25-16-40-30(33-25)35(22-7-8-22)29(39)19(13-27(37)38)10-17-4-2-3-5-17/h6,9,11,14-17,19,22H,2-5,7-8,10,12-13H2,1H3,(H,37,38). The molecule has 0 spiro atoms. The normalized spacial score (nSPS) is 17.8. The molecule has 8 nitrogen and oxygen atoms in total. The molecule has 208 valence electrons. The van der Waals surface area contributed by atoms with Crippen LogP contribution >= 0.6 is 22.9 Å². The highest BCUT2D eigenvalue weighted by Crippen LogP contribution is 2.42. The van der Waals surface area contributed by atoms with Gasteiger partial charge in [-0.05, 0) is 48.9 Å². The fraction of sp³-hybridized carbons (Fsp3) is 0.433. The number of anilines is 2. The molecule has 2 saturated carbocycles. The van der Waals surface area contributed by atoms with Crippen LogP contribution in [0, 0.1) is 11.8 Å². The fourth-order valence-electron chi connectivity index (χ4n) is 6.05. The molecule has 0 radical (unpaired) electrons. The number of fused-ring (bicyclic) bond motifs is 1. The van der Waals surface area contributed by atoms with Gasteiger partial charge in [0.15, 0.2) is 5.13 Å². The molecule has 2 amide bonds. The highest BCUT2D eigenvalue weighted by Gasteiger charge is 2.40. The number of carboxylic acid groups (broad SMARTS) is 1. The van der Waals surface area contributed by atoms with E-state index in [1.165, 1.54) is 11.3 Å². The van der Waals surface area contributed by atoms with Crippen molar-refractivity contribution in [1.29, 1.82) is 0 Å². The molecule has 2 aliphatic carbocycles. The SMILES string of the molecule is CN1C(=O)Cc2cc(-c3ccc(Cl)cc3-c3csc(N(C(=O)C(CC(=O)O)CC4CCCC4)C4CC4)n3)cnc21. The number of thiazole rings is 1. The van der Waals surface area contributed by atoms with Gasteiger partial charge in [-0.15, -0.1) is 11.3 Å². The topological polar surface area (TPSA) is 104 Å². The Bertz CT molecular complexity index is 1480. The first-order valence-electron chi connectivity index (χ1n) is 13.8. The third-order valence-corrected chi connectivity index (χ3v) is 9.33. The van der Waals surface area contributed by atoms with Gasteiger partial charge in [-0.3, -0.25) is 24.2 Å². The third-order valence-electron chi connectivity index (χ3n) is 8.26. The highest BCUT2D eigenvalue weighted by molar-refractivity contribution is 7.14. The van der Waals surface area contributed by atoms with Crippen molar-refractivity contribution in [3.05, 3.63) is 46.4 Å². The van der Waals surface area contributed by atoms with Crippen LogP contribution in [-0.4, -0.2) is 45.9 Å². The zero-order chi connectivity index (χ0) is 28.0. The van der Waals surface area contributed by atoms with Crippen molar-refractivity contribution in [3.63, 3.8) is 0 Å². The summed E-state index contributed by atoms with van der Waals surface area (Å²) in [5.74, 6) is -0.516. The lowest BCUT2D eigenvalue weighted by molar-refractivity contribution is -0.141. The molecule has 1 atom stereocenters. The number of halogens is 1. The van der Waals surface area contributed by atoms with Crippen molar-refractivity contribution in [2.24, 2.45) is 11.8 Å². The number of carboxylic acids is 1. The maximum Gasteiger partial charge on any atom is 0.304 e. The number of hydrogen-bond acceptors (Lipinski definition) is 6. The molecule has 3 aromatic rings. The average Bonchev–Trinajstić information content (AvgIpc) is 3.29. The second-order valence-corrected chi connectivity index (χ2v) is 12.4. The molecular weight excluding hydrogens is 548 g/mol. The minimum atomic E-state index is -0.939. The number of hydrogen-bond donors (Lipinski definition) is 1. The van der Waals surface area contributed by atoms with Gasteiger partial charge in [0.1, 0.15) is 5.82 Å². The first kappa shape index (κ1) is 26.9. The Labute approximate surface area is 242 Å². The molecule has 1 unspecified atom stereocenters. The van der Waals surface area contributed by atoms with Crippen molar-refractivity contribution >= 4 is 51.7 Å². The molecule has 1 N–H and O–H groups in total. The molecule has 2 aromatic heterocycles. The predicted molar refractivity (Wildman–Crippen MR) is 156 cm³/mol. The van der Waals surface area contributed by atoms with E-state index >= 15 is 0 Å². The van der Waals surface area contributed by atoms with Crippen LogP contribution in [0.4, 0.5) is 10.9 Å². The number of benzene rings is 1. The van der Waals surface area contributed by atoms with Gasteiger partial charge in [0.2, 0.25) is 11.8 Å². The summed E-state index contributed by atoms with van der Waals surface area (Å²) in [5.41, 5.74) is 4.12. The molecule has 40 heavy (non-hydrogen) atoms. The van der Waals surface area contributed by atoms with Crippen molar-refractivity contribution in [1.82, 2.24) is 9.97 Å². The largest absolute Gasteiger partial charge is 0.481 e. The maximum atomic E-state index is 13.9.